The fraction of sp³-hybridized carbons (Fsp3) is 0.857. The van der Waals surface area contributed by atoms with E-state index in [1.807, 2.05) is 4.90 Å². The van der Waals surface area contributed by atoms with Crippen LogP contribution >= 0.6 is 0 Å². The van der Waals surface area contributed by atoms with Gasteiger partial charge in [-0.05, 0) is 38.1 Å². The van der Waals surface area contributed by atoms with E-state index in [0.717, 1.165) is 45.2 Å². The zero-order valence-corrected chi connectivity index (χ0v) is 11.8. The molecule has 2 N–H and O–H groups in total. The summed E-state index contributed by atoms with van der Waals surface area (Å²) in [6, 6.07) is 0. The van der Waals surface area contributed by atoms with Crippen molar-refractivity contribution in [2.24, 2.45) is 17.6 Å². The molecule has 0 aromatic carbocycles. The molecule has 2 amide bonds. The number of nitrogens with zero attached hydrogens (tertiary/aromatic N) is 2. The Kier molecular flexibility index (Phi) is 4.80. The maximum Gasteiger partial charge on any atom is 0.242 e. The molecule has 0 aromatic rings. The lowest BCUT2D eigenvalue weighted by Crippen LogP contribution is -2.43. The van der Waals surface area contributed by atoms with Crippen LogP contribution in [0.15, 0.2) is 0 Å². The van der Waals surface area contributed by atoms with E-state index in [1.54, 1.807) is 11.9 Å². The highest BCUT2D eigenvalue weighted by atomic mass is 16.2. The highest BCUT2D eigenvalue weighted by Crippen LogP contribution is 2.32. The van der Waals surface area contributed by atoms with E-state index in [9.17, 15) is 9.59 Å². The maximum absolute atomic E-state index is 12.4. The predicted molar refractivity (Wildman–Crippen MR) is 73.3 cm³/mol. The summed E-state index contributed by atoms with van der Waals surface area (Å²) < 4.78 is 0. The van der Waals surface area contributed by atoms with E-state index in [4.69, 9.17) is 5.73 Å². The van der Waals surface area contributed by atoms with Gasteiger partial charge in [0, 0.05) is 26.1 Å². The Labute approximate surface area is 115 Å². The van der Waals surface area contributed by atoms with E-state index in [1.165, 1.54) is 0 Å². The van der Waals surface area contributed by atoms with Crippen molar-refractivity contribution in [2.75, 3.05) is 33.2 Å². The first-order valence-electron chi connectivity index (χ1n) is 7.36. The summed E-state index contributed by atoms with van der Waals surface area (Å²) in [5.74, 6) is 0.509. The second-order valence-corrected chi connectivity index (χ2v) is 5.82. The lowest BCUT2D eigenvalue weighted by atomic mass is 9.95. The summed E-state index contributed by atoms with van der Waals surface area (Å²) in [6.07, 6.45) is 5.21. The van der Waals surface area contributed by atoms with Gasteiger partial charge in [0.05, 0.1) is 6.54 Å². The van der Waals surface area contributed by atoms with Crippen LogP contribution in [-0.2, 0) is 9.59 Å². The van der Waals surface area contributed by atoms with Crippen LogP contribution in [0.3, 0.4) is 0 Å². The fourth-order valence-corrected chi connectivity index (χ4v) is 3.27. The minimum atomic E-state index is 0.0291. The van der Waals surface area contributed by atoms with E-state index >= 15 is 0 Å². The Hall–Kier alpha value is -1.10. The average molecular weight is 267 g/mol. The number of hydrogen-bond acceptors (Lipinski definition) is 3. The van der Waals surface area contributed by atoms with Crippen molar-refractivity contribution in [1.82, 2.24) is 9.80 Å². The molecule has 0 spiro atoms. The van der Waals surface area contributed by atoms with Crippen LogP contribution in [0.5, 0.6) is 0 Å². The standard InChI is InChI=1S/C14H25N3O2/c1-16(10-13(18)17-7-2-3-8-17)14(19)12-6-4-5-11(12)9-15/h11-12H,2-10,15H2,1H3. The number of hydrogen-bond donors (Lipinski definition) is 1. The summed E-state index contributed by atoms with van der Waals surface area (Å²) in [4.78, 5) is 27.9. The smallest absolute Gasteiger partial charge is 0.242 e. The van der Waals surface area contributed by atoms with E-state index in [-0.39, 0.29) is 24.3 Å². The number of likely N-dealkylation sites (N-methyl/N-ethyl adjacent to an activating group) is 1. The topological polar surface area (TPSA) is 66.6 Å². The van der Waals surface area contributed by atoms with Gasteiger partial charge < -0.3 is 15.5 Å². The Bertz CT molecular complexity index is 340. The molecule has 2 rings (SSSR count). The van der Waals surface area contributed by atoms with Gasteiger partial charge in [-0.2, -0.15) is 0 Å². The zero-order valence-electron chi connectivity index (χ0n) is 11.8. The van der Waals surface area contributed by atoms with Crippen molar-refractivity contribution in [3.05, 3.63) is 0 Å². The summed E-state index contributed by atoms with van der Waals surface area (Å²) in [6.45, 7) is 2.47. The van der Waals surface area contributed by atoms with Gasteiger partial charge in [0.1, 0.15) is 0 Å². The third-order valence-corrected chi connectivity index (χ3v) is 4.49. The summed E-state index contributed by atoms with van der Waals surface area (Å²) in [5, 5.41) is 0. The Balaban J connectivity index is 1.86. The molecule has 2 aliphatic rings. The molecule has 1 aliphatic carbocycles. The van der Waals surface area contributed by atoms with Gasteiger partial charge in [0.2, 0.25) is 11.8 Å². The highest BCUT2D eigenvalue weighted by molar-refractivity contribution is 5.86. The molecule has 0 aromatic heterocycles. The van der Waals surface area contributed by atoms with Crippen molar-refractivity contribution < 1.29 is 9.59 Å². The second-order valence-electron chi connectivity index (χ2n) is 5.82. The Morgan fingerprint density at radius 3 is 2.53 bits per heavy atom. The molecular formula is C14H25N3O2. The third-order valence-electron chi connectivity index (χ3n) is 4.49. The number of nitrogens with two attached hydrogens (primary N) is 1. The SMILES string of the molecule is CN(CC(=O)N1CCCC1)C(=O)C1CCCC1CN. The molecule has 1 heterocycles. The van der Waals surface area contributed by atoms with E-state index in [2.05, 4.69) is 0 Å². The minimum absolute atomic E-state index is 0.0291. The molecule has 2 atom stereocenters. The van der Waals surface area contributed by atoms with Crippen molar-refractivity contribution >= 4 is 11.8 Å². The van der Waals surface area contributed by atoms with Crippen molar-refractivity contribution in [1.29, 1.82) is 0 Å². The molecule has 1 saturated carbocycles. The van der Waals surface area contributed by atoms with Gasteiger partial charge in [-0.15, -0.1) is 0 Å². The first-order chi connectivity index (χ1) is 9.13. The largest absolute Gasteiger partial charge is 0.341 e. The number of amides is 2. The molecular weight excluding hydrogens is 242 g/mol. The Morgan fingerprint density at radius 2 is 1.89 bits per heavy atom. The van der Waals surface area contributed by atoms with Crippen LogP contribution in [0.2, 0.25) is 0 Å². The fourth-order valence-electron chi connectivity index (χ4n) is 3.27. The number of rotatable bonds is 4. The van der Waals surface area contributed by atoms with Gasteiger partial charge >= 0.3 is 0 Å². The molecule has 0 radical (unpaired) electrons. The molecule has 5 heteroatoms. The summed E-state index contributed by atoms with van der Waals surface area (Å²) in [7, 11) is 1.74. The molecule has 5 nitrogen and oxygen atoms in total. The average Bonchev–Trinajstić information content (AvgIpc) is 3.08. The van der Waals surface area contributed by atoms with Crippen LogP contribution in [0.4, 0.5) is 0 Å². The highest BCUT2D eigenvalue weighted by Gasteiger charge is 2.34. The van der Waals surface area contributed by atoms with Crippen LogP contribution in [0.25, 0.3) is 0 Å². The number of carbonyl (C=O) groups is 2. The number of carbonyl (C=O) groups excluding carboxylic acids is 2. The molecule has 1 saturated heterocycles. The van der Waals surface area contributed by atoms with Gasteiger partial charge in [0.25, 0.3) is 0 Å². The molecule has 2 unspecified atom stereocenters. The van der Waals surface area contributed by atoms with Crippen molar-refractivity contribution in [3.8, 4) is 0 Å². The quantitative estimate of drug-likeness (QED) is 0.804. The van der Waals surface area contributed by atoms with Crippen molar-refractivity contribution in [2.45, 2.75) is 32.1 Å². The molecule has 0 bridgehead atoms. The summed E-state index contributed by atoms with van der Waals surface area (Å²) >= 11 is 0. The lowest BCUT2D eigenvalue weighted by molar-refractivity contribution is -0.141. The van der Waals surface area contributed by atoms with Crippen LogP contribution < -0.4 is 5.73 Å². The van der Waals surface area contributed by atoms with Gasteiger partial charge in [0.15, 0.2) is 0 Å². The Morgan fingerprint density at radius 1 is 1.21 bits per heavy atom. The van der Waals surface area contributed by atoms with Crippen LogP contribution in [0, 0.1) is 11.8 Å². The predicted octanol–water partition coefficient (Wildman–Crippen LogP) is 0.442. The maximum atomic E-state index is 12.4. The van der Waals surface area contributed by atoms with Crippen LogP contribution in [-0.4, -0.2) is 54.8 Å². The van der Waals surface area contributed by atoms with E-state index in [0.29, 0.717) is 12.5 Å². The van der Waals surface area contributed by atoms with E-state index < -0.39 is 0 Å². The third kappa shape index (κ3) is 3.26. The zero-order chi connectivity index (χ0) is 13.8. The molecule has 19 heavy (non-hydrogen) atoms. The molecule has 108 valence electrons. The first kappa shape index (κ1) is 14.3. The van der Waals surface area contributed by atoms with Gasteiger partial charge in [-0.25, -0.2) is 0 Å². The van der Waals surface area contributed by atoms with Gasteiger partial charge in [-0.1, -0.05) is 6.42 Å². The number of likely N-dealkylation sites (tertiary alicyclic amines) is 1. The first-order valence-corrected chi connectivity index (χ1v) is 7.36. The monoisotopic (exact) mass is 267 g/mol. The van der Waals surface area contributed by atoms with Crippen LogP contribution in [0.1, 0.15) is 32.1 Å². The second kappa shape index (κ2) is 6.37. The van der Waals surface area contributed by atoms with Gasteiger partial charge in [-0.3, -0.25) is 9.59 Å². The molecule has 1 aliphatic heterocycles. The lowest BCUT2D eigenvalue weighted by Gasteiger charge is -2.26. The minimum Gasteiger partial charge on any atom is -0.341 e. The molecule has 2 fully saturated rings. The normalized spacial score (nSPS) is 26.7. The summed E-state index contributed by atoms with van der Waals surface area (Å²) in [5.41, 5.74) is 5.72. The van der Waals surface area contributed by atoms with Crippen molar-refractivity contribution in [3.63, 3.8) is 0 Å².